The van der Waals surface area contributed by atoms with Gasteiger partial charge in [-0.25, -0.2) is 9.83 Å². The van der Waals surface area contributed by atoms with Gasteiger partial charge in [0.2, 0.25) is 0 Å². The minimum atomic E-state index is 0.0209. The van der Waals surface area contributed by atoms with Crippen molar-refractivity contribution in [3.8, 4) is 17.3 Å². The lowest BCUT2D eigenvalue weighted by atomic mass is 9.97. The van der Waals surface area contributed by atoms with E-state index >= 15 is 0 Å². The van der Waals surface area contributed by atoms with Gasteiger partial charge < -0.3 is 4.74 Å². The van der Waals surface area contributed by atoms with E-state index in [2.05, 4.69) is 21.9 Å². The van der Waals surface area contributed by atoms with Gasteiger partial charge in [-0.1, -0.05) is 24.3 Å². The Labute approximate surface area is 181 Å². The zero-order valence-electron chi connectivity index (χ0n) is 17.4. The summed E-state index contributed by atoms with van der Waals surface area (Å²) in [6.07, 6.45) is 0.241. The number of pyridine rings is 1. The lowest BCUT2D eigenvalue weighted by Crippen LogP contribution is -2.35. The third-order valence-corrected chi connectivity index (χ3v) is 5.47. The monoisotopic (exact) mass is 410 g/mol. The quantitative estimate of drug-likeness (QED) is 0.587. The molecule has 1 aliphatic rings. The molecule has 1 saturated heterocycles. The summed E-state index contributed by atoms with van der Waals surface area (Å²) in [5.74, 6) is 0.0209. The zero-order valence-corrected chi connectivity index (χ0v) is 17.4. The van der Waals surface area contributed by atoms with Gasteiger partial charge in [-0.15, -0.1) is 0 Å². The summed E-state index contributed by atoms with van der Waals surface area (Å²) in [5.41, 5.74) is 5.22. The Morgan fingerprint density at radius 2 is 2.00 bits per heavy atom. The van der Waals surface area contributed by atoms with Crippen molar-refractivity contribution in [3.05, 3.63) is 70.6 Å². The Morgan fingerprint density at radius 3 is 2.71 bits per heavy atom. The summed E-state index contributed by atoms with van der Waals surface area (Å²) in [4.78, 5) is 22.2. The lowest BCUT2D eigenvalue weighted by molar-refractivity contribution is -0.116. The molecule has 0 spiro atoms. The van der Waals surface area contributed by atoms with Crippen LogP contribution in [0, 0.1) is 17.9 Å². The Kier molecular flexibility index (Phi) is 6.04. The Bertz CT molecular complexity index is 1230. The third kappa shape index (κ3) is 4.62. The predicted molar refractivity (Wildman–Crippen MR) is 119 cm³/mol. The van der Waals surface area contributed by atoms with Crippen molar-refractivity contribution < 1.29 is 9.53 Å². The fraction of sp³-hybridized carbons (Fsp3) is 0.280. The first-order valence-electron chi connectivity index (χ1n) is 10.2. The Morgan fingerprint density at radius 1 is 1.19 bits per heavy atom. The molecule has 0 saturated carbocycles. The van der Waals surface area contributed by atoms with E-state index in [4.69, 9.17) is 16.3 Å². The van der Waals surface area contributed by atoms with E-state index in [1.807, 2.05) is 30.3 Å². The molecule has 3 aromatic rings. The van der Waals surface area contributed by atoms with Gasteiger partial charge in [0.05, 0.1) is 42.6 Å². The highest BCUT2D eigenvalue weighted by Gasteiger charge is 2.16. The molecule has 0 atom stereocenters. The van der Waals surface area contributed by atoms with Gasteiger partial charge in [-0.2, -0.15) is 5.26 Å². The van der Waals surface area contributed by atoms with Crippen molar-refractivity contribution in [1.29, 1.82) is 5.26 Å². The number of morpholine rings is 1. The first kappa shape index (κ1) is 20.7. The van der Waals surface area contributed by atoms with Gasteiger partial charge in [0.1, 0.15) is 5.78 Å². The smallest absolute Gasteiger partial charge is 0.189 e. The van der Waals surface area contributed by atoms with Crippen molar-refractivity contribution in [1.82, 2.24) is 9.88 Å². The number of fused-ring (bicyclic) bond motifs is 1. The van der Waals surface area contributed by atoms with Crippen molar-refractivity contribution in [2.24, 2.45) is 0 Å². The second kappa shape index (κ2) is 9.06. The van der Waals surface area contributed by atoms with E-state index < -0.39 is 0 Å². The molecule has 2 aromatic carbocycles. The maximum atomic E-state index is 11.5. The molecule has 0 aliphatic carbocycles. The van der Waals surface area contributed by atoms with E-state index in [1.54, 1.807) is 6.07 Å². The van der Waals surface area contributed by atoms with Crippen molar-refractivity contribution >= 4 is 22.4 Å². The molecule has 31 heavy (non-hydrogen) atoms. The van der Waals surface area contributed by atoms with E-state index in [0.29, 0.717) is 11.3 Å². The van der Waals surface area contributed by atoms with Gasteiger partial charge in [0.25, 0.3) is 0 Å². The fourth-order valence-electron chi connectivity index (χ4n) is 3.90. The highest BCUT2D eigenvalue weighted by Crippen LogP contribution is 2.30. The second-order valence-corrected chi connectivity index (χ2v) is 7.73. The molecular weight excluding hydrogens is 388 g/mol. The van der Waals surface area contributed by atoms with Crippen LogP contribution in [0.25, 0.3) is 27.0 Å². The fourth-order valence-corrected chi connectivity index (χ4v) is 3.90. The highest BCUT2D eigenvalue weighted by molar-refractivity contribution is 5.88. The summed E-state index contributed by atoms with van der Waals surface area (Å²) in [5, 5.41) is 10.6. The maximum Gasteiger partial charge on any atom is 0.189 e. The van der Waals surface area contributed by atoms with E-state index in [-0.39, 0.29) is 12.2 Å². The molecule has 0 amide bonds. The summed E-state index contributed by atoms with van der Waals surface area (Å²) < 4.78 is 5.47. The molecular formula is C25H22N4O2. The Balaban J connectivity index is 1.81. The molecule has 6 nitrogen and oxygen atoms in total. The van der Waals surface area contributed by atoms with Crippen LogP contribution in [0.2, 0.25) is 0 Å². The maximum absolute atomic E-state index is 11.5. The van der Waals surface area contributed by atoms with Crippen molar-refractivity contribution in [2.75, 3.05) is 26.3 Å². The number of rotatable bonds is 5. The number of ketones is 1. The average molecular weight is 410 g/mol. The summed E-state index contributed by atoms with van der Waals surface area (Å²) in [6.45, 7) is 12.8. The van der Waals surface area contributed by atoms with Crippen LogP contribution in [0.15, 0.2) is 42.5 Å². The van der Waals surface area contributed by atoms with E-state index in [1.165, 1.54) is 6.92 Å². The van der Waals surface area contributed by atoms with Crippen molar-refractivity contribution in [2.45, 2.75) is 19.9 Å². The molecule has 0 unspecified atom stereocenters. The van der Waals surface area contributed by atoms with Gasteiger partial charge in [-0.05, 0) is 36.2 Å². The van der Waals surface area contributed by atoms with E-state index in [0.717, 1.165) is 66.1 Å². The zero-order chi connectivity index (χ0) is 21.8. The minimum Gasteiger partial charge on any atom is -0.379 e. The summed E-state index contributed by atoms with van der Waals surface area (Å²) >= 11 is 0. The number of carbonyl (C=O) groups excluding carboxylic acids is 1. The van der Waals surface area contributed by atoms with E-state index in [9.17, 15) is 10.1 Å². The largest absolute Gasteiger partial charge is 0.379 e. The number of carbonyl (C=O) groups is 1. The van der Waals surface area contributed by atoms with Gasteiger partial charge in [0, 0.05) is 37.0 Å². The van der Waals surface area contributed by atoms with Crippen LogP contribution < -0.4 is 0 Å². The van der Waals surface area contributed by atoms with Gasteiger partial charge in [0.15, 0.2) is 5.69 Å². The molecule has 0 bridgehead atoms. The van der Waals surface area contributed by atoms with Crippen molar-refractivity contribution in [3.63, 3.8) is 0 Å². The Hall–Kier alpha value is -3.58. The SMILES string of the molecule is [C-]#[N+]c1ccc2c(CN3CCOCC3)cc(-c3ccc(CC(C)=O)c(C#N)c3)nc2c1. The number of ether oxygens (including phenoxy) is 1. The number of nitriles is 1. The second-order valence-electron chi connectivity index (χ2n) is 7.73. The van der Waals surface area contributed by atoms with Crippen LogP contribution in [0.3, 0.4) is 0 Å². The third-order valence-electron chi connectivity index (χ3n) is 5.47. The highest BCUT2D eigenvalue weighted by atomic mass is 16.5. The normalized spacial score (nSPS) is 14.2. The number of Topliss-reactive ketones (excluding diaryl/α,β-unsaturated/α-hetero) is 1. The molecule has 1 fully saturated rings. The van der Waals surface area contributed by atoms with Gasteiger partial charge >= 0.3 is 0 Å². The molecule has 4 rings (SSSR count). The van der Waals surface area contributed by atoms with Crippen LogP contribution in [0.5, 0.6) is 0 Å². The molecule has 0 N–H and O–H groups in total. The first-order valence-corrected chi connectivity index (χ1v) is 10.2. The van der Waals surface area contributed by atoms with Crippen LogP contribution in [-0.2, 0) is 22.5 Å². The molecule has 1 aromatic heterocycles. The van der Waals surface area contributed by atoms with Crippen LogP contribution in [-0.4, -0.2) is 42.0 Å². The molecule has 154 valence electrons. The molecule has 0 radical (unpaired) electrons. The molecule has 6 heteroatoms. The van der Waals surface area contributed by atoms with Gasteiger partial charge in [-0.3, -0.25) is 9.69 Å². The van der Waals surface area contributed by atoms with Crippen LogP contribution in [0.4, 0.5) is 5.69 Å². The minimum absolute atomic E-state index is 0.0209. The summed E-state index contributed by atoms with van der Waals surface area (Å²) in [6, 6.07) is 15.4. The first-order chi connectivity index (χ1) is 15.1. The number of aromatic nitrogens is 1. The van der Waals surface area contributed by atoms with Crippen LogP contribution >= 0.6 is 0 Å². The lowest BCUT2D eigenvalue weighted by Gasteiger charge is -2.27. The number of hydrogen-bond acceptors (Lipinski definition) is 5. The number of hydrogen-bond donors (Lipinski definition) is 0. The summed E-state index contributed by atoms with van der Waals surface area (Å²) in [7, 11) is 0. The van der Waals surface area contributed by atoms with Crippen LogP contribution in [0.1, 0.15) is 23.6 Å². The standard InChI is InChI=1S/C25H22N4O2/c1-17(30)11-18-3-4-19(12-20(18)15-26)24-13-21(16-29-7-9-31-10-8-29)23-6-5-22(27-2)14-25(23)28-24/h3-6,12-14H,7-11,16H2,1H3. The number of benzene rings is 2. The topological polar surface area (TPSA) is 70.6 Å². The molecule has 2 heterocycles. The number of nitrogens with zero attached hydrogens (tertiary/aromatic N) is 4. The predicted octanol–water partition coefficient (Wildman–Crippen LogP) is 4.29. The molecule has 1 aliphatic heterocycles. The average Bonchev–Trinajstić information content (AvgIpc) is 2.79.